The van der Waals surface area contributed by atoms with Crippen LogP contribution >= 0.6 is 23.1 Å². The van der Waals surface area contributed by atoms with Crippen molar-refractivity contribution in [1.82, 2.24) is 4.98 Å². The first-order valence-electron chi connectivity index (χ1n) is 6.00. The molecule has 0 amide bonds. The second-order valence-electron chi connectivity index (χ2n) is 4.09. The lowest BCUT2D eigenvalue weighted by Gasteiger charge is -2.00. The monoisotopic (exact) mass is 310 g/mol. The number of aliphatic imine (C=N–C) groups is 1. The summed E-state index contributed by atoms with van der Waals surface area (Å²) in [5.74, 6) is 1.60. The molecule has 7 heteroatoms. The molecule has 2 rings (SSSR count). The highest BCUT2D eigenvalue weighted by Crippen LogP contribution is 2.22. The molecule has 0 aliphatic carbocycles. The zero-order chi connectivity index (χ0) is 14.4. The largest absolute Gasteiger partial charge is 0.370 e. The molecular formula is C13H15FN4S2. The summed E-state index contributed by atoms with van der Waals surface area (Å²) < 4.78 is 12.7. The minimum atomic E-state index is -0.198. The molecule has 0 fully saturated rings. The summed E-state index contributed by atoms with van der Waals surface area (Å²) in [6.07, 6.45) is 0.913. The van der Waals surface area contributed by atoms with Crippen molar-refractivity contribution >= 4 is 34.2 Å². The van der Waals surface area contributed by atoms with E-state index in [0.29, 0.717) is 5.13 Å². The van der Waals surface area contributed by atoms with Crippen LogP contribution in [-0.4, -0.2) is 16.7 Å². The first-order chi connectivity index (χ1) is 9.63. The molecule has 1 heterocycles. The number of guanidine groups is 1. The van der Waals surface area contributed by atoms with Crippen molar-refractivity contribution in [3.05, 3.63) is 46.7 Å². The fourth-order valence-corrected chi connectivity index (χ4v) is 3.23. The normalized spacial score (nSPS) is 10.4. The summed E-state index contributed by atoms with van der Waals surface area (Å²) in [6, 6.07) is 6.61. The summed E-state index contributed by atoms with van der Waals surface area (Å²) in [6.45, 7) is 0. The number of aromatic nitrogens is 1. The number of rotatable bonds is 6. The van der Waals surface area contributed by atoms with Gasteiger partial charge >= 0.3 is 0 Å². The Balaban J connectivity index is 1.74. The minimum absolute atomic E-state index is 0.0230. The third-order valence-corrected chi connectivity index (χ3v) is 4.24. The van der Waals surface area contributed by atoms with E-state index in [1.54, 1.807) is 11.8 Å². The Kier molecular flexibility index (Phi) is 5.37. The Morgan fingerprint density at radius 1 is 1.30 bits per heavy atom. The molecule has 4 N–H and O–H groups in total. The van der Waals surface area contributed by atoms with E-state index in [1.165, 1.54) is 23.5 Å². The summed E-state index contributed by atoms with van der Waals surface area (Å²) >= 11 is 3.20. The lowest BCUT2D eigenvalue weighted by Crippen LogP contribution is -2.21. The topological polar surface area (TPSA) is 77.3 Å². The van der Waals surface area contributed by atoms with Crippen LogP contribution in [0, 0.1) is 5.82 Å². The number of aryl methyl sites for hydroxylation is 1. The molecule has 0 bridgehead atoms. The van der Waals surface area contributed by atoms with Gasteiger partial charge in [-0.2, -0.15) is 16.8 Å². The van der Waals surface area contributed by atoms with Gasteiger partial charge in [0.2, 0.25) is 5.13 Å². The van der Waals surface area contributed by atoms with E-state index in [-0.39, 0.29) is 11.8 Å². The number of hydrogen-bond acceptors (Lipinski definition) is 4. The van der Waals surface area contributed by atoms with Crippen molar-refractivity contribution in [2.45, 2.75) is 12.2 Å². The van der Waals surface area contributed by atoms with Crippen LogP contribution in [0.5, 0.6) is 0 Å². The molecule has 106 valence electrons. The van der Waals surface area contributed by atoms with E-state index in [0.717, 1.165) is 29.2 Å². The number of nitrogens with two attached hydrogens (primary N) is 2. The van der Waals surface area contributed by atoms with Crippen molar-refractivity contribution < 1.29 is 4.39 Å². The molecule has 20 heavy (non-hydrogen) atoms. The van der Waals surface area contributed by atoms with Crippen LogP contribution in [0.25, 0.3) is 0 Å². The van der Waals surface area contributed by atoms with Gasteiger partial charge in [0.25, 0.3) is 0 Å². The smallest absolute Gasteiger partial charge is 0.212 e. The third-order valence-electron chi connectivity index (χ3n) is 2.46. The van der Waals surface area contributed by atoms with Gasteiger partial charge in [-0.15, -0.1) is 11.3 Å². The molecule has 0 saturated carbocycles. The van der Waals surface area contributed by atoms with Crippen LogP contribution in [0.2, 0.25) is 0 Å². The number of thioether (sulfide) groups is 1. The second-order valence-corrected chi connectivity index (χ2v) is 6.03. The predicted octanol–water partition coefficient (Wildman–Crippen LogP) is 2.66. The summed E-state index contributed by atoms with van der Waals surface area (Å²) in [5.41, 5.74) is 12.7. The Morgan fingerprint density at radius 2 is 2.05 bits per heavy atom. The van der Waals surface area contributed by atoms with Gasteiger partial charge < -0.3 is 11.5 Å². The van der Waals surface area contributed by atoms with Gasteiger partial charge in [0.15, 0.2) is 5.96 Å². The molecule has 0 spiro atoms. The Labute approximate surface area is 125 Å². The highest BCUT2D eigenvalue weighted by atomic mass is 32.2. The average Bonchev–Trinajstić information content (AvgIpc) is 2.83. The lowest BCUT2D eigenvalue weighted by molar-refractivity contribution is 0.627. The highest BCUT2D eigenvalue weighted by Gasteiger charge is 2.02. The predicted molar refractivity (Wildman–Crippen MR) is 83.8 cm³/mol. The van der Waals surface area contributed by atoms with Crippen LogP contribution in [0.1, 0.15) is 11.3 Å². The maximum Gasteiger partial charge on any atom is 0.212 e. The molecule has 2 aromatic rings. The number of nitrogens with zero attached hydrogens (tertiary/aromatic N) is 2. The number of hydrogen-bond donors (Lipinski definition) is 2. The Hall–Kier alpha value is -1.60. The van der Waals surface area contributed by atoms with Crippen molar-refractivity contribution in [2.24, 2.45) is 16.5 Å². The van der Waals surface area contributed by atoms with E-state index in [1.807, 2.05) is 17.5 Å². The van der Waals surface area contributed by atoms with E-state index in [2.05, 4.69) is 9.98 Å². The molecule has 0 aliphatic rings. The number of halogens is 1. The van der Waals surface area contributed by atoms with E-state index < -0.39 is 0 Å². The SMILES string of the molecule is NC(N)=Nc1nc(CSCCc2ccc(F)cc2)cs1. The van der Waals surface area contributed by atoms with Crippen LogP contribution in [0.4, 0.5) is 9.52 Å². The molecule has 0 radical (unpaired) electrons. The Bertz CT molecular complexity index is 576. The third kappa shape index (κ3) is 4.82. The van der Waals surface area contributed by atoms with Crippen molar-refractivity contribution in [3.63, 3.8) is 0 Å². The van der Waals surface area contributed by atoms with Gasteiger partial charge in [0.1, 0.15) is 5.82 Å². The molecule has 0 unspecified atom stereocenters. The van der Waals surface area contributed by atoms with Crippen LogP contribution in [0.15, 0.2) is 34.6 Å². The van der Waals surface area contributed by atoms with Gasteiger partial charge in [-0.1, -0.05) is 12.1 Å². The van der Waals surface area contributed by atoms with E-state index in [9.17, 15) is 4.39 Å². The summed E-state index contributed by atoms with van der Waals surface area (Å²) in [4.78, 5) is 8.21. The second kappa shape index (κ2) is 7.25. The molecule has 0 atom stereocenters. The molecule has 1 aromatic heterocycles. The van der Waals surface area contributed by atoms with Gasteiger partial charge in [-0.3, -0.25) is 0 Å². The van der Waals surface area contributed by atoms with Crippen LogP contribution in [0.3, 0.4) is 0 Å². The van der Waals surface area contributed by atoms with Crippen molar-refractivity contribution in [1.29, 1.82) is 0 Å². The van der Waals surface area contributed by atoms with Crippen LogP contribution < -0.4 is 11.5 Å². The van der Waals surface area contributed by atoms with E-state index >= 15 is 0 Å². The Morgan fingerprint density at radius 3 is 2.75 bits per heavy atom. The molecular weight excluding hydrogens is 295 g/mol. The van der Waals surface area contributed by atoms with Gasteiger partial charge in [0.05, 0.1) is 5.69 Å². The number of benzene rings is 1. The fourth-order valence-electron chi connectivity index (χ4n) is 1.54. The van der Waals surface area contributed by atoms with E-state index in [4.69, 9.17) is 11.5 Å². The molecule has 0 saturated heterocycles. The first-order valence-corrected chi connectivity index (χ1v) is 8.03. The minimum Gasteiger partial charge on any atom is -0.370 e. The van der Waals surface area contributed by atoms with Crippen molar-refractivity contribution in [2.75, 3.05) is 5.75 Å². The summed E-state index contributed by atoms with van der Waals surface area (Å²) in [7, 11) is 0. The summed E-state index contributed by atoms with van der Waals surface area (Å²) in [5, 5.41) is 2.53. The standard InChI is InChI=1S/C13H15FN4S2/c14-10-3-1-9(2-4-10)5-6-19-7-11-8-20-13(17-11)18-12(15)16/h1-4,8H,5-7H2,(H4,15,16,17,18). The average molecular weight is 310 g/mol. The zero-order valence-corrected chi connectivity index (χ0v) is 12.4. The van der Waals surface area contributed by atoms with Gasteiger partial charge in [-0.25, -0.2) is 9.37 Å². The fraction of sp³-hybridized carbons (Fsp3) is 0.231. The lowest BCUT2D eigenvalue weighted by atomic mass is 10.2. The molecule has 4 nitrogen and oxygen atoms in total. The number of thiazole rings is 1. The highest BCUT2D eigenvalue weighted by molar-refractivity contribution is 7.98. The zero-order valence-electron chi connectivity index (χ0n) is 10.8. The quantitative estimate of drug-likeness (QED) is 0.488. The maximum absolute atomic E-state index is 12.7. The van der Waals surface area contributed by atoms with Crippen molar-refractivity contribution in [3.8, 4) is 0 Å². The van der Waals surface area contributed by atoms with Gasteiger partial charge in [-0.05, 0) is 29.9 Å². The first kappa shape index (κ1) is 14.8. The molecule has 1 aromatic carbocycles. The van der Waals surface area contributed by atoms with Crippen LogP contribution in [-0.2, 0) is 12.2 Å². The maximum atomic E-state index is 12.7. The molecule has 0 aliphatic heterocycles. The van der Waals surface area contributed by atoms with Gasteiger partial charge in [0, 0.05) is 11.1 Å².